The number of rotatable bonds is 4. The second kappa shape index (κ2) is 6.46. The van der Waals surface area contributed by atoms with E-state index in [1.54, 1.807) is 12.3 Å². The number of benzene rings is 1. The molecule has 0 saturated heterocycles. The summed E-state index contributed by atoms with van der Waals surface area (Å²) in [5.74, 6) is 0.635. The van der Waals surface area contributed by atoms with Gasteiger partial charge >= 0.3 is 0 Å². The van der Waals surface area contributed by atoms with Gasteiger partial charge in [-0.15, -0.1) is 11.3 Å². The minimum absolute atomic E-state index is 0.224. The molecule has 0 aliphatic carbocycles. The van der Waals surface area contributed by atoms with Crippen LogP contribution in [0, 0.1) is 0 Å². The number of amides is 1. The van der Waals surface area contributed by atoms with Crippen LogP contribution in [0.5, 0.6) is 0 Å². The van der Waals surface area contributed by atoms with Gasteiger partial charge in [-0.25, -0.2) is 5.43 Å². The molecule has 3 rings (SSSR count). The van der Waals surface area contributed by atoms with Crippen LogP contribution in [-0.4, -0.2) is 12.1 Å². The van der Waals surface area contributed by atoms with Gasteiger partial charge in [0.05, 0.1) is 14.9 Å². The molecule has 4 nitrogen and oxygen atoms in total. The van der Waals surface area contributed by atoms with Crippen LogP contribution in [0.25, 0.3) is 11.0 Å². The molecule has 1 N–H and O–H groups in total. The molecule has 0 spiro atoms. The molecule has 3 aromatic rings. The third-order valence-corrected chi connectivity index (χ3v) is 4.81. The van der Waals surface area contributed by atoms with Gasteiger partial charge in [0.2, 0.25) is 0 Å². The highest BCUT2D eigenvalue weighted by Gasteiger charge is 2.11. The molecular weight excluding hydrogens is 364 g/mol. The quantitative estimate of drug-likeness (QED) is 0.534. The lowest BCUT2D eigenvalue weighted by Gasteiger charge is -1.96. The van der Waals surface area contributed by atoms with Crippen molar-refractivity contribution in [3.05, 3.63) is 56.4 Å². The van der Waals surface area contributed by atoms with Crippen molar-refractivity contribution in [1.82, 2.24) is 5.43 Å². The van der Waals surface area contributed by atoms with Crippen LogP contribution in [0.15, 0.2) is 49.7 Å². The number of hydrazone groups is 1. The molecule has 0 fully saturated rings. The summed E-state index contributed by atoms with van der Waals surface area (Å²) in [6.45, 7) is 2.02. The van der Waals surface area contributed by atoms with E-state index in [0.29, 0.717) is 4.88 Å². The van der Waals surface area contributed by atoms with Crippen LogP contribution in [0.2, 0.25) is 0 Å². The Labute approximate surface area is 140 Å². The van der Waals surface area contributed by atoms with Crippen molar-refractivity contribution < 1.29 is 9.21 Å². The van der Waals surface area contributed by atoms with Gasteiger partial charge in [0.25, 0.3) is 5.91 Å². The first-order chi connectivity index (χ1) is 10.7. The Morgan fingerprint density at radius 3 is 2.91 bits per heavy atom. The second-order valence-electron chi connectivity index (χ2n) is 4.59. The van der Waals surface area contributed by atoms with Gasteiger partial charge in [0.15, 0.2) is 0 Å². The van der Waals surface area contributed by atoms with E-state index in [1.165, 1.54) is 11.3 Å². The summed E-state index contributed by atoms with van der Waals surface area (Å²) in [5.41, 5.74) is 4.28. The van der Waals surface area contributed by atoms with Gasteiger partial charge in [0.1, 0.15) is 11.3 Å². The van der Waals surface area contributed by atoms with E-state index in [-0.39, 0.29) is 5.91 Å². The molecule has 0 bridgehead atoms. The highest BCUT2D eigenvalue weighted by Crippen LogP contribution is 2.25. The van der Waals surface area contributed by atoms with Crippen molar-refractivity contribution in [2.24, 2.45) is 5.10 Å². The zero-order chi connectivity index (χ0) is 15.5. The normalized spacial score (nSPS) is 11.4. The minimum atomic E-state index is -0.224. The predicted molar refractivity (Wildman–Crippen MR) is 92.7 cm³/mol. The Morgan fingerprint density at radius 1 is 1.36 bits per heavy atom. The lowest BCUT2D eigenvalue weighted by molar-refractivity contribution is 0.0959. The Kier molecular flexibility index (Phi) is 4.40. The Balaban J connectivity index is 1.82. The first-order valence-electron chi connectivity index (χ1n) is 6.78. The van der Waals surface area contributed by atoms with E-state index in [2.05, 4.69) is 26.5 Å². The molecule has 6 heteroatoms. The maximum Gasteiger partial charge on any atom is 0.281 e. The number of carbonyl (C=O) groups is 1. The summed E-state index contributed by atoms with van der Waals surface area (Å²) in [4.78, 5) is 12.6. The molecule has 0 unspecified atom stereocenters. The first-order valence-corrected chi connectivity index (χ1v) is 8.39. The van der Waals surface area contributed by atoms with Gasteiger partial charge in [-0.05, 0) is 34.1 Å². The number of furan rings is 1. The van der Waals surface area contributed by atoms with Gasteiger partial charge < -0.3 is 4.42 Å². The number of para-hydroxylation sites is 1. The summed E-state index contributed by atoms with van der Waals surface area (Å²) in [6, 6.07) is 11.4. The zero-order valence-corrected chi connectivity index (χ0v) is 14.2. The molecule has 0 aliphatic heterocycles. The van der Waals surface area contributed by atoms with E-state index in [4.69, 9.17) is 4.42 Å². The monoisotopic (exact) mass is 376 g/mol. The maximum absolute atomic E-state index is 11.9. The average molecular weight is 377 g/mol. The number of nitrogens with one attached hydrogen (secondary N) is 1. The molecular formula is C16H13BrN2O2S. The molecule has 0 aliphatic rings. The SMILES string of the molecule is CCc1oc2ccccc2c1/C=N\NC(=O)c1ccc(Br)s1. The number of fused-ring (bicyclic) bond motifs is 1. The average Bonchev–Trinajstić information content (AvgIpc) is 3.11. The molecule has 0 radical (unpaired) electrons. The lowest BCUT2D eigenvalue weighted by Crippen LogP contribution is -2.16. The fourth-order valence-electron chi connectivity index (χ4n) is 2.17. The molecule has 112 valence electrons. The standard InChI is InChI=1S/C16H13BrN2O2S/c1-2-12-11(10-5-3-4-6-13(10)21-12)9-18-19-16(20)14-7-8-15(17)22-14/h3-9H,2H2,1H3,(H,19,20)/b18-9-. The van der Waals surface area contributed by atoms with Gasteiger partial charge in [-0.1, -0.05) is 25.1 Å². The largest absolute Gasteiger partial charge is 0.460 e. The van der Waals surface area contributed by atoms with Crippen molar-refractivity contribution in [1.29, 1.82) is 0 Å². The van der Waals surface area contributed by atoms with Crippen molar-refractivity contribution >= 4 is 50.4 Å². The molecule has 22 heavy (non-hydrogen) atoms. The summed E-state index contributed by atoms with van der Waals surface area (Å²) < 4.78 is 6.70. The first kappa shape index (κ1) is 15.0. The zero-order valence-electron chi connectivity index (χ0n) is 11.8. The third-order valence-electron chi connectivity index (χ3n) is 3.19. The Morgan fingerprint density at radius 2 is 2.18 bits per heavy atom. The van der Waals surface area contributed by atoms with Gasteiger partial charge in [-0.3, -0.25) is 4.79 Å². The van der Waals surface area contributed by atoms with E-state index in [0.717, 1.165) is 32.5 Å². The van der Waals surface area contributed by atoms with Crippen molar-refractivity contribution in [3.63, 3.8) is 0 Å². The van der Waals surface area contributed by atoms with Crippen LogP contribution >= 0.6 is 27.3 Å². The smallest absolute Gasteiger partial charge is 0.281 e. The predicted octanol–water partition coefficient (Wildman–Crippen LogP) is 4.58. The molecule has 1 amide bonds. The Bertz CT molecular complexity index is 851. The van der Waals surface area contributed by atoms with E-state index < -0.39 is 0 Å². The van der Waals surface area contributed by atoms with Crippen molar-refractivity contribution in [2.45, 2.75) is 13.3 Å². The number of halogens is 1. The van der Waals surface area contributed by atoms with Crippen LogP contribution in [0.4, 0.5) is 0 Å². The summed E-state index contributed by atoms with van der Waals surface area (Å²) in [5, 5.41) is 5.06. The van der Waals surface area contributed by atoms with Crippen LogP contribution < -0.4 is 5.43 Å². The summed E-state index contributed by atoms with van der Waals surface area (Å²) >= 11 is 4.70. The molecule has 1 aromatic carbocycles. The molecule has 2 aromatic heterocycles. The third kappa shape index (κ3) is 2.98. The summed E-state index contributed by atoms with van der Waals surface area (Å²) in [6.07, 6.45) is 2.41. The number of thiophene rings is 1. The highest BCUT2D eigenvalue weighted by atomic mass is 79.9. The second-order valence-corrected chi connectivity index (χ2v) is 7.05. The van der Waals surface area contributed by atoms with E-state index in [1.807, 2.05) is 37.3 Å². The minimum Gasteiger partial charge on any atom is -0.460 e. The van der Waals surface area contributed by atoms with Crippen LogP contribution in [0.1, 0.15) is 27.9 Å². The van der Waals surface area contributed by atoms with Gasteiger partial charge in [0, 0.05) is 17.4 Å². The number of hydrogen-bond acceptors (Lipinski definition) is 4. The van der Waals surface area contributed by atoms with Crippen LogP contribution in [-0.2, 0) is 6.42 Å². The lowest BCUT2D eigenvalue weighted by atomic mass is 10.1. The molecule has 0 saturated carbocycles. The maximum atomic E-state index is 11.9. The highest BCUT2D eigenvalue weighted by molar-refractivity contribution is 9.11. The molecule has 2 heterocycles. The number of hydrogen-bond donors (Lipinski definition) is 1. The number of nitrogens with zero attached hydrogens (tertiary/aromatic N) is 1. The summed E-state index contributed by atoms with van der Waals surface area (Å²) in [7, 11) is 0. The fourth-order valence-corrected chi connectivity index (χ4v) is 3.44. The topological polar surface area (TPSA) is 54.6 Å². The number of aryl methyl sites for hydroxylation is 1. The van der Waals surface area contributed by atoms with E-state index >= 15 is 0 Å². The van der Waals surface area contributed by atoms with E-state index in [9.17, 15) is 4.79 Å². The van der Waals surface area contributed by atoms with Crippen molar-refractivity contribution in [2.75, 3.05) is 0 Å². The number of carbonyl (C=O) groups excluding carboxylic acids is 1. The van der Waals surface area contributed by atoms with Crippen molar-refractivity contribution in [3.8, 4) is 0 Å². The Hall–Kier alpha value is -1.92. The van der Waals surface area contributed by atoms with Gasteiger partial charge in [-0.2, -0.15) is 5.10 Å². The molecule has 0 atom stereocenters. The fraction of sp³-hybridized carbons (Fsp3) is 0.125. The van der Waals surface area contributed by atoms with Crippen LogP contribution in [0.3, 0.4) is 0 Å².